The molecule has 2 heterocycles. The summed E-state index contributed by atoms with van der Waals surface area (Å²) in [6.07, 6.45) is 5.52. The van der Waals surface area contributed by atoms with Gasteiger partial charge in [-0.3, -0.25) is 9.97 Å². The lowest BCUT2D eigenvalue weighted by Gasteiger charge is -2.19. The lowest BCUT2D eigenvalue weighted by Crippen LogP contribution is -2.11. The van der Waals surface area contributed by atoms with E-state index in [4.69, 9.17) is 11.6 Å². The van der Waals surface area contributed by atoms with Gasteiger partial charge in [0.05, 0.1) is 5.69 Å². The number of fused-ring (bicyclic) bond motifs is 1. The van der Waals surface area contributed by atoms with Crippen LogP contribution in [0.1, 0.15) is 26.3 Å². The molecular formula is C24H21ClN2. The van der Waals surface area contributed by atoms with Crippen molar-refractivity contribution in [3.05, 3.63) is 83.8 Å². The average molecular weight is 373 g/mol. The van der Waals surface area contributed by atoms with Crippen molar-refractivity contribution in [3.8, 4) is 22.4 Å². The summed E-state index contributed by atoms with van der Waals surface area (Å²) >= 11 is 6.35. The van der Waals surface area contributed by atoms with Gasteiger partial charge in [-0.05, 0) is 57.8 Å². The molecule has 0 aliphatic carbocycles. The Morgan fingerprint density at radius 1 is 0.815 bits per heavy atom. The van der Waals surface area contributed by atoms with Crippen molar-refractivity contribution in [2.24, 2.45) is 0 Å². The zero-order chi connectivity index (χ0) is 19.0. The van der Waals surface area contributed by atoms with Crippen LogP contribution in [0, 0.1) is 0 Å². The number of benzene rings is 2. The lowest BCUT2D eigenvalue weighted by atomic mass is 9.87. The van der Waals surface area contributed by atoms with Gasteiger partial charge in [-0.15, -0.1) is 0 Å². The van der Waals surface area contributed by atoms with E-state index in [0.29, 0.717) is 0 Å². The van der Waals surface area contributed by atoms with Crippen LogP contribution in [0.4, 0.5) is 0 Å². The van der Waals surface area contributed by atoms with Gasteiger partial charge in [0, 0.05) is 34.6 Å². The minimum Gasteiger partial charge on any atom is -0.264 e. The number of aromatic nitrogens is 2. The number of rotatable bonds is 2. The van der Waals surface area contributed by atoms with Gasteiger partial charge in [0.15, 0.2) is 0 Å². The van der Waals surface area contributed by atoms with Crippen LogP contribution in [0.3, 0.4) is 0 Å². The third kappa shape index (κ3) is 3.45. The van der Waals surface area contributed by atoms with E-state index in [1.165, 1.54) is 5.56 Å². The Morgan fingerprint density at radius 2 is 1.63 bits per heavy atom. The van der Waals surface area contributed by atoms with Crippen LogP contribution < -0.4 is 0 Å². The molecule has 0 bridgehead atoms. The molecular weight excluding hydrogens is 352 g/mol. The van der Waals surface area contributed by atoms with Gasteiger partial charge in [0.2, 0.25) is 0 Å². The Hall–Kier alpha value is -2.71. The molecule has 0 aliphatic heterocycles. The van der Waals surface area contributed by atoms with Crippen LogP contribution in [-0.2, 0) is 5.41 Å². The van der Waals surface area contributed by atoms with E-state index >= 15 is 0 Å². The highest BCUT2D eigenvalue weighted by molar-refractivity contribution is 6.36. The molecule has 4 aromatic rings. The Bertz CT molecular complexity index is 1130. The highest BCUT2D eigenvalue weighted by atomic mass is 35.5. The second-order valence-corrected chi connectivity index (χ2v) is 8.18. The quantitative estimate of drug-likeness (QED) is 0.382. The fraction of sp³-hybridized carbons (Fsp3) is 0.167. The fourth-order valence-electron chi connectivity index (χ4n) is 3.31. The molecule has 0 unspecified atom stereocenters. The highest BCUT2D eigenvalue weighted by Crippen LogP contribution is 2.34. The van der Waals surface area contributed by atoms with Crippen molar-refractivity contribution in [2.75, 3.05) is 0 Å². The Balaban J connectivity index is 1.85. The summed E-state index contributed by atoms with van der Waals surface area (Å²) in [4.78, 5) is 8.82. The molecule has 3 heteroatoms. The second-order valence-electron chi connectivity index (χ2n) is 7.78. The standard InChI is InChI=1S/C24H21ClN2/c1-24(2,3)18-9-12-27-23(14-18)17-6-4-5-16(13-17)19-7-8-22(25)21-15-26-11-10-20(19)21/h4-15H,1-3H3. The Labute approximate surface area is 164 Å². The summed E-state index contributed by atoms with van der Waals surface area (Å²) in [5.74, 6) is 0. The summed E-state index contributed by atoms with van der Waals surface area (Å²) in [5.41, 5.74) is 5.75. The van der Waals surface area contributed by atoms with E-state index in [-0.39, 0.29) is 5.41 Å². The normalized spacial score (nSPS) is 11.7. The summed E-state index contributed by atoms with van der Waals surface area (Å²) in [6.45, 7) is 6.66. The third-order valence-electron chi connectivity index (χ3n) is 4.86. The largest absolute Gasteiger partial charge is 0.264 e. The van der Waals surface area contributed by atoms with Crippen LogP contribution in [0.5, 0.6) is 0 Å². The predicted molar refractivity (Wildman–Crippen MR) is 114 cm³/mol. The van der Waals surface area contributed by atoms with Gasteiger partial charge in [-0.1, -0.05) is 56.6 Å². The fourth-order valence-corrected chi connectivity index (χ4v) is 3.52. The number of hydrogen-bond acceptors (Lipinski definition) is 2. The highest BCUT2D eigenvalue weighted by Gasteiger charge is 2.15. The van der Waals surface area contributed by atoms with Crippen LogP contribution in [0.15, 0.2) is 73.2 Å². The maximum absolute atomic E-state index is 6.35. The van der Waals surface area contributed by atoms with Gasteiger partial charge in [-0.2, -0.15) is 0 Å². The topological polar surface area (TPSA) is 25.8 Å². The summed E-state index contributed by atoms with van der Waals surface area (Å²) in [5, 5.41) is 2.79. The van der Waals surface area contributed by atoms with Crippen molar-refractivity contribution in [3.63, 3.8) is 0 Å². The summed E-state index contributed by atoms with van der Waals surface area (Å²) < 4.78 is 0. The molecule has 134 valence electrons. The molecule has 0 atom stereocenters. The lowest BCUT2D eigenvalue weighted by molar-refractivity contribution is 0.589. The van der Waals surface area contributed by atoms with E-state index in [1.54, 1.807) is 6.20 Å². The first-order valence-electron chi connectivity index (χ1n) is 9.03. The minimum atomic E-state index is 0.0919. The van der Waals surface area contributed by atoms with E-state index in [1.807, 2.05) is 24.5 Å². The molecule has 0 spiro atoms. The van der Waals surface area contributed by atoms with Crippen molar-refractivity contribution in [1.82, 2.24) is 9.97 Å². The first-order valence-corrected chi connectivity index (χ1v) is 9.41. The first kappa shape index (κ1) is 17.7. The van der Waals surface area contributed by atoms with Gasteiger partial charge < -0.3 is 0 Å². The number of nitrogens with zero attached hydrogens (tertiary/aromatic N) is 2. The van der Waals surface area contributed by atoms with Crippen LogP contribution in [-0.4, -0.2) is 9.97 Å². The molecule has 0 aliphatic rings. The van der Waals surface area contributed by atoms with Gasteiger partial charge >= 0.3 is 0 Å². The monoisotopic (exact) mass is 372 g/mol. The zero-order valence-electron chi connectivity index (χ0n) is 15.7. The second kappa shape index (κ2) is 6.79. The van der Waals surface area contributed by atoms with Crippen LogP contribution in [0.25, 0.3) is 33.2 Å². The Kier molecular flexibility index (Phi) is 4.45. The molecule has 27 heavy (non-hydrogen) atoms. The van der Waals surface area contributed by atoms with Gasteiger partial charge in [0.1, 0.15) is 0 Å². The molecule has 0 fully saturated rings. The van der Waals surface area contributed by atoms with E-state index in [2.05, 4.69) is 73.2 Å². The van der Waals surface area contributed by atoms with Crippen molar-refractivity contribution in [2.45, 2.75) is 26.2 Å². The number of halogens is 1. The molecule has 0 saturated carbocycles. The maximum atomic E-state index is 6.35. The van der Waals surface area contributed by atoms with Gasteiger partial charge in [0.25, 0.3) is 0 Å². The number of pyridine rings is 2. The average Bonchev–Trinajstić information content (AvgIpc) is 2.68. The molecule has 2 aromatic carbocycles. The number of hydrogen-bond donors (Lipinski definition) is 0. The summed E-state index contributed by atoms with van der Waals surface area (Å²) in [7, 11) is 0. The maximum Gasteiger partial charge on any atom is 0.0705 e. The molecule has 0 saturated heterocycles. The predicted octanol–water partition coefficient (Wildman–Crippen LogP) is 6.91. The summed E-state index contributed by atoms with van der Waals surface area (Å²) in [6, 6.07) is 18.8. The third-order valence-corrected chi connectivity index (χ3v) is 5.19. The Morgan fingerprint density at radius 3 is 2.44 bits per heavy atom. The van der Waals surface area contributed by atoms with Crippen molar-refractivity contribution < 1.29 is 0 Å². The molecule has 0 radical (unpaired) electrons. The minimum absolute atomic E-state index is 0.0919. The molecule has 0 amide bonds. The zero-order valence-corrected chi connectivity index (χ0v) is 16.5. The SMILES string of the molecule is CC(C)(C)c1ccnc(-c2cccc(-c3ccc(Cl)c4cnccc34)c2)c1. The molecule has 0 N–H and O–H groups in total. The van der Waals surface area contributed by atoms with E-state index in [9.17, 15) is 0 Å². The van der Waals surface area contributed by atoms with E-state index < -0.39 is 0 Å². The van der Waals surface area contributed by atoms with Crippen molar-refractivity contribution >= 4 is 22.4 Å². The smallest absolute Gasteiger partial charge is 0.0705 e. The molecule has 2 aromatic heterocycles. The van der Waals surface area contributed by atoms with Crippen LogP contribution in [0.2, 0.25) is 5.02 Å². The first-order chi connectivity index (χ1) is 12.9. The van der Waals surface area contributed by atoms with Crippen LogP contribution >= 0.6 is 11.6 Å². The van der Waals surface area contributed by atoms with Gasteiger partial charge in [-0.25, -0.2) is 0 Å². The molecule has 2 nitrogen and oxygen atoms in total. The molecule has 4 rings (SSSR count). The van der Waals surface area contributed by atoms with E-state index in [0.717, 1.165) is 38.2 Å². The van der Waals surface area contributed by atoms with Crippen molar-refractivity contribution in [1.29, 1.82) is 0 Å².